The van der Waals surface area contributed by atoms with Crippen LogP contribution in [0.15, 0.2) is 29.4 Å². The van der Waals surface area contributed by atoms with E-state index >= 15 is 0 Å². The van der Waals surface area contributed by atoms with Gasteiger partial charge in [0.25, 0.3) is 0 Å². The van der Waals surface area contributed by atoms with Crippen molar-refractivity contribution in [3.8, 4) is 0 Å². The standard InChI is InChI=1S/C8H13N.2C2H6/c1-5-8(4)6-9-7(2)3;2*1-2/h5-6H,1H2,2-4H3;2*1-2H3/b8-6-;;. The van der Waals surface area contributed by atoms with Crippen molar-refractivity contribution in [1.29, 1.82) is 0 Å². The third-order valence-corrected chi connectivity index (χ3v) is 0.848. The summed E-state index contributed by atoms with van der Waals surface area (Å²) in [4.78, 5) is 4.08. The molecule has 0 aromatic heterocycles. The molecule has 0 saturated heterocycles. The van der Waals surface area contributed by atoms with Gasteiger partial charge in [0.15, 0.2) is 0 Å². The molecule has 0 N–H and O–H groups in total. The van der Waals surface area contributed by atoms with E-state index in [1.54, 1.807) is 6.08 Å². The van der Waals surface area contributed by atoms with E-state index in [0.29, 0.717) is 0 Å². The van der Waals surface area contributed by atoms with Crippen molar-refractivity contribution in [1.82, 2.24) is 0 Å². The van der Waals surface area contributed by atoms with Gasteiger partial charge in [-0.2, -0.15) is 0 Å². The van der Waals surface area contributed by atoms with Crippen molar-refractivity contribution in [2.24, 2.45) is 4.99 Å². The zero-order chi connectivity index (χ0) is 11.3. The summed E-state index contributed by atoms with van der Waals surface area (Å²) in [7, 11) is 0. The second-order valence-corrected chi connectivity index (χ2v) is 2.15. The molecule has 0 heterocycles. The monoisotopic (exact) mass is 183 g/mol. The van der Waals surface area contributed by atoms with Gasteiger partial charge in [-0.1, -0.05) is 40.3 Å². The highest BCUT2D eigenvalue weighted by Gasteiger charge is 1.75. The van der Waals surface area contributed by atoms with E-state index in [-0.39, 0.29) is 0 Å². The fourth-order valence-corrected chi connectivity index (χ4v) is 0.284. The highest BCUT2D eigenvalue weighted by molar-refractivity contribution is 5.79. The summed E-state index contributed by atoms with van der Waals surface area (Å²) < 4.78 is 0. The van der Waals surface area contributed by atoms with Crippen LogP contribution in [0.1, 0.15) is 48.5 Å². The molecule has 0 aliphatic carbocycles. The molecule has 1 heteroatoms. The lowest BCUT2D eigenvalue weighted by Gasteiger charge is -1.85. The van der Waals surface area contributed by atoms with Crippen LogP contribution in [-0.4, -0.2) is 5.71 Å². The molecule has 13 heavy (non-hydrogen) atoms. The lowest BCUT2D eigenvalue weighted by atomic mass is 10.3. The molecule has 0 fully saturated rings. The molecule has 78 valence electrons. The molecule has 0 aliphatic rings. The Balaban J connectivity index is -0.000000218. The summed E-state index contributed by atoms with van der Waals surface area (Å²) in [6.45, 7) is 17.5. The van der Waals surface area contributed by atoms with E-state index in [1.807, 2.05) is 54.7 Å². The van der Waals surface area contributed by atoms with Crippen LogP contribution in [0.4, 0.5) is 0 Å². The largest absolute Gasteiger partial charge is 0.266 e. The Kier molecular flexibility index (Phi) is 24.0. The zero-order valence-electron chi connectivity index (χ0n) is 10.3. The lowest BCUT2D eigenvalue weighted by molar-refractivity contribution is 1.41. The zero-order valence-corrected chi connectivity index (χ0v) is 10.3. The van der Waals surface area contributed by atoms with Gasteiger partial charge < -0.3 is 0 Å². The second-order valence-electron chi connectivity index (χ2n) is 2.15. The Bertz CT molecular complexity index is 149. The van der Waals surface area contributed by atoms with Gasteiger partial charge in [0, 0.05) is 11.9 Å². The first-order valence-corrected chi connectivity index (χ1v) is 4.97. The molecule has 0 atom stereocenters. The topological polar surface area (TPSA) is 12.4 Å². The Labute approximate surface area is 84.3 Å². The smallest absolute Gasteiger partial charge is 0.0295 e. The maximum atomic E-state index is 4.08. The summed E-state index contributed by atoms with van der Waals surface area (Å²) in [5, 5.41) is 0. The van der Waals surface area contributed by atoms with Crippen LogP contribution < -0.4 is 0 Å². The average Bonchev–Trinajstić information content (AvgIpc) is 2.20. The van der Waals surface area contributed by atoms with Gasteiger partial charge in [-0.25, -0.2) is 0 Å². The van der Waals surface area contributed by atoms with E-state index in [2.05, 4.69) is 11.6 Å². The Morgan fingerprint density at radius 2 is 1.38 bits per heavy atom. The van der Waals surface area contributed by atoms with Gasteiger partial charge in [-0.15, -0.1) is 0 Å². The minimum Gasteiger partial charge on any atom is -0.266 e. The van der Waals surface area contributed by atoms with Crippen LogP contribution in [0.5, 0.6) is 0 Å². The number of hydrogen-bond donors (Lipinski definition) is 0. The third-order valence-electron chi connectivity index (χ3n) is 0.848. The molecule has 1 nitrogen and oxygen atoms in total. The molecule has 0 radical (unpaired) electrons. The summed E-state index contributed by atoms with van der Waals surface area (Å²) in [5.41, 5.74) is 2.16. The molecular formula is C12H25N. The highest BCUT2D eigenvalue weighted by atomic mass is 14.7. The van der Waals surface area contributed by atoms with Crippen molar-refractivity contribution in [2.75, 3.05) is 0 Å². The van der Waals surface area contributed by atoms with Crippen molar-refractivity contribution in [3.05, 3.63) is 24.4 Å². The predicted molar refractivity (Wildman–Crippen MR) is 65.4 cm³/mol. The molecule has 0 saturated carbocycles. The number of nitrogens with zero attached hydrogens (tertiary/aromatic N) is 1. The minimum absolute atomic E-state index is 1.07. The normalized spacial score (nSPS) is 8.38. The molecule has 0 unspecified atom stereocenters. The number of allylic oxidation sites excluding steroid dienone is 2. The van der Waals surface area contributed by atoms with Crippen molar-refractivity contribution in [3.63, 3.8) is 0 Å². The van der Waals surface area contributed by atoms with Crippen molar-refractivity contribution < 1.29 is 0 Å². The molecule has 0 bridgehead atoms. The Morgan fingerprint density at radius 1 is 1.00 bits per heavy atom. The maximum absolute atomic E-state index is 4.08. The summed E-state index contributed by atoms with van der Waals surface area (Å²) in [6.07, 6.45) is 3.59. The Hall–Kier alpha value is -0.850. The van der Waals surface area contributed by atoms with Crippen LogP contribution in [0.3, 0.4) is 0 Å². The molecular weight excluding hydrogens is 158 g/mol. The van der Waals surface area contributed by atoms with Crippen LogP contribution in [0, 0.1) is 0 Å². The Morgan fingerprint density at radius 3 is 1.62 bits per heavy atom. The van der Waals surface area contributed by atoms with Crippen LogP contribution in [0.25, 0.3) is 0 Å². The first-order valence-electron chi connectivity index (χ1n) is 4.97. The SMILES string of the molecule is C=C/C(C)=C\N=C(C)C.CC.CC. The van der Waals surface area contributed by atoms with E-state index < -0.39 is 0 Å². The summed E-state index contributed by atoms with van der Waals surface area (Å²) in [5.74, 6) is 0. The van der Waals surface area contributed by atoms with Gasteiger partial charge in [0.2, 0.25) is 0 Å². The number of rotatable bonds is 2. The third kappa shape index (κ3) is 24.7. The molecule has 0 aliphatic heterocycles. The maximum Gasteiger partial charge on any atom is 0.0295 e. The van der Waals surface area contributed by atoms with Gasteiger partial charge in [0.1, 0.15) is 0 Å². The highest BCUT2D eigenvalue weighted by Crippen LogP contribution is 1.92. The average molecular weight is 183 g/mol. The molecule has 0 amide bonds. The van der Waals surface area contributed by atoms with E-state index in [0.717, 1.165) is 11.3 Å². The van der Waals surface area contributed by atoms with Crippen LogP contribution in [0.2, 0.25) is 0 Å². The van der Waals surface area contributed by atoms with Crippen LogP contribution in [-0.2, 0) is 0 Å². The van der Waals surface area contributed by atoms with Gasteiger partial charge in [-0.3, -0.25) is 4.99 Å². The summed E-state index contributed by atoms with van der Waals surface area (Å²) >= 11 is 0. The fraction of sp³-hybridized carbons (Fsp3) is 0.583. The first kappa shape index (κ1) is 18.0. The van der Waals surface area contributed by atoms with Gasteiger partial charge >= 0.3 is 0 Å². The number of hydrogen-bond acceptors (Lipinski definition) is 1. The van der Waals surface area contributed by atoms with Crippen molar-refractivity contribution in [2.45, 2.75) is 48.5 Å². The van der Waals surface area contributed by atoms with Crippen LogP contribution >= 0.6 is 0 Å². The van der Waals surface area contributed by atoms with E-state index in [4.69, 9.17) is 0 Å². The molecule has 0 rings (SSSR count). The molecule has 0 aromatic carbocycles. The fourth-order valence-electron chi connectivity index (χ4n) is 0.284. The minimum atomic E-state index is 1.07. The number of aliphatic imine (C=N–C) groups is 1. The predicted octanol–water partition coefficient (Wildman–Crippen LogP) is 4.61. The molecule has 0 spiro atoms. The van der Waals surface area contributed by atoms with Gasteiger partial charge in [0.05, 0.1) is 0 Å². The first-order chi connectivity index (χ1) is 6.16. The van der Waals surface area contributed by atoms with Crippen molar-refractivity contribution >= 4 is 5.71 Å². The van der Waals surface area contributed by atoms with E-state index in [9.17, 15) is 0 Å². The molecule has 0 aromatic rings. The second kappa shape index (κ2) is 17.3. The van der Waals surface area contributed by atoms with Gasteiger partial charge in [-0.05, 0) is 26.3 Å². The lowest BCUT2D eigenvalue weighted by Crippen LogP contribution is -1.76. The quantitative estimate of drug-likeness (QED) is 0.438. The summed E-state index contributed by atoms with van der Waals surface area (Å²) in [6, 6.07) is 0. The van der Waals surface area contributed by atoms with E-state index in [1.165, 1.54) is 0 Å².